The van der Waals surface area contributed by atoms with Gasteiger partial charge < -0.3 is 5.32 Å². The Kier molecular flexibility index (Phi) is 4.06. The van der Waals surface area contributed by atoms with Crippen LogP contribution >= 0.6 is 11.6 Å². The van der Waals surface area contributed by atoms with Crippen molar-refractivity contribution in [2.75, 3.05) is 5.32 Å². The predicted octanol–water partition coefficient (Wildman–Crippen LogP) is 4.96. The number of carbonyl (C=O) groups excluding carboxylic acids is 1. The molecule has 0 spiro atoms. The molecule has 0 atom stereocenters. The lowest BCUT2D eigenvalue weighted by molar-refractivity contribution is 0.101. The fraction of sp³-hybridized carbons (Fsp3) is 0.200. The van der Waals surface area contributed by atoms with Gasteiger partial charge in [-0.1, -0.05) is 29.8 Å². The maximum Gasteiger partial charge on any atom is 0.274 e. The molecule has 2 aromatic carbocycles. The van der Waals surface area contributed by atoms with Crippen LogP contribution in [0.1, 0.15) is 40.5 Å². The highest BCUT2D eigenvalue weighted by Gasteiger charge is 2.29. The summed E-state index contributed by atoms with van der Waals surface area (Å²) in [6, 6.07) is 17.1. The number of nitrogens with zero attached hydrogens (tertiary/aromatic N) is 2. The van der Waals surface area contributed by atoms with Gasteiger partial charge in [0.05, 0.1) is 11.4 Å². The second-order valence-electron chi connectivity index (χ2n) is 6.39. The monoisotopic (exact) mass is 351 g/mol. The molecule has 5 heteroatoms. The summed E-state index contributed by atoms with van der Waals surface area (Å²) in [7, 11) is 0. The molecule has 0 unspecified atom stereocenters. The summed E-state index contributed by atoms with van der Waals surface area (Å²) >= 11 is 5.99. The van der Waals surface area contributed by atoms with E-state index in [1.807, 2.05) is 55.5 Å². The average Bonchev–Trinajstić information content (AvgIpc) is 3.36. The van der Waals surface area contributed by atoms with Crippen molar-refractivity contribution in [3.63, 3.8) is 0 Å². The second kappa shape index (κ2) is 6.37. The zero-order chi connectivity index (χ0) is 17.4. The van der Waals surface area contributed by atoms with Crippen LogP contribution in [0.4, 0.5) is 5.69 Å². The molecule has 1 heterocycles. The van der Waals surface area contributed by atoms with Crippen molar-refractivity contribution in [2.24, 2.45) is 0 Å². The third-order valence-electron chi connectivity index (χ3n) is 4.39. The van der Waals surface area contributed by atoms with Gasteiger partial charge in [-0.2, -0.15) is 5.10 Å². The van der Waals surface area contributed by atoms with E-state index in [0.717, 1.165) is 35.5 Å². The Bertz CT molecular complexity index is 929. The minimum absolute atomic E-state index is 0.173. The van der Waals surface area contributed by atoms with Crippen LogP contribution in [-0.2, 0) is 0 Å². The van der Waals surface area contributed by atoms with E-state index in [9.17, 15) is 4.79 Å². The highest BCUT2D eigenvalue weighted by atomic mass is 35.5. The van der Waals surface area contributed by atoms with Gasteiger partial charge in [0.15, 0.2) is 0 Å². The third kappa shape index (κ3) is 3.30. The number of aryl methyl sites for hydroxylation is 1. The van der Waals surface area contributed by atoms with E-state index < -0.39 is 0 Å². The second-order valence-corrected chi connectivity index (χ2v) is 6.83. The molecule has 1 amide bonds. The molecule has 4 rings (SSSR count). The molecule has 0 aliphatic heterocycles. The number of hydrogen-bond acceptors (Lipinski definition) is 2. The van der Waals surface area contributed by atoms with E-state index in [1.165, 1.54) is 0 Å². The van der Waals surface area contributed by atoms with Crippen LogP contribution in [0.2, 0.25) is 5.02 Å². The zero-order valence-electron chi connectivity index (χ0n) is 13.9. The van der Waals surface area contributed by atoms with E-state index >= 15 is 0 Å². The maximum absolute atomic E-state index is 12.9. The fourth-order valence-corrected chi connectivity index (χ4v) is 3.09. The van der Waals surface area contributed by atoms with Gasteiger partial charge in [-0.15, -0.1) is 0 Å². The van der Waals surface area contributed by atoms with Crippen molar-refractivity contribution in [3.05, 3.63) is 76.6 Å². The number of hydrogen-bond donors (Lipinski definition) is 1. The molecule has 0 radical (unpaired) electrons. The van der Waals surface area contributed by atoms with Gasteiger partial charge in [-0.3, -0.25) is 4.79 Å². The van der Waals surface area contributed by atoms with Gasteiger partial charge in [-0.05, 0) is 61.7 Å². The number of nitrogens with one attached hydrogen (secondary N) is 1. The van der Waals surface area contributed by atoms with Crippen LogP contribution in [0.5, 0.6) is 0 Å². The van der Waals surface area contributed by atoms with E-state index in [-0.39, 0.29) is 5.91 Å². The minimum atomic E-state index is -0.173. The molecule has 1 N–H and O–H groups in total. The summed E-state index contributed by atoms with van der Waals surface area (Å²) in [6.45, 7) is 1.92. The van der Waals surface area contributed by atoms with Crippen molar-refractivity contribution < 1.29 is 4.79 Å². The van der Waals surface area contributed by atoms with Crippen molar-refractivity contribution >= 4 is 23.2 Å². The number of anilines is 1. The molecular formula is C20H18ClN3O. The lowest BCUT2D eigenvalue weighted by atomic mass is 10.2. The van der Waals surface area contributed by atoms with Crippen molar-refractivity contribution in [1.29, 1.82) is 0 Å². The molecule has 0 bridgehead atoms. The van der Waals surface area contributed by atoms with E-state index in [4.69, 9.17) is 11.6 Å². The van der Waals surface area contributed by atoms with Crippen molar-refractivity contribution in [3.8, 4) is 5.69 Å². The summed E-state index contributed by atoms with van der Waals surface area (Å²) in [6.07, 6.45) is 2.28. The van der Waals surface area contributed by atoms with Crippen LogP contribution in [0.3, 0.4) is 0 Å². The molecule has 1 aromatic heterocycles. The van der Waals surface area contributed by atoms with E-state index in [1.54, 1.807) is 10.7 Å². The summed E-state index contributed by atoms with van der Waals surface area (Å²) in [5.74, 6) is 0.308. The van der Waals surface area contributed by atoms with Crippen LogP contribution in [0, 0.1) is 6.92 Å². The highest BCUT2D eigenvalue weighted by Crippen LogP contribution is 2.39. The highest BCUT2D eigenvalue weighted by molar-refractivity contribution is 6.30. The number of carbonyl (C=O) groups is 1. The average molecular weight is 352 g/mol. The Hall–Kier alpha value is -2.59. The number of amides is 1. The van der Waals surface area contributed by atoms with Gasteiger partial charge >= 0.3 is 0 Å². The molecule has 1 aliphatic rings. The number of benzene rings is 2. The zero-order valence-corrected chi connectivity index (χ0v) is 14.6. The lowest BCUT2D eigenvalue weighted by Crippen LogP contribution is -2.17. The van der Waals surface area contributed by atoms with E-state index in [0.29, 0.717) is 16.6 Å². The molecule has 1 fully saturated rings. The Morgan fingerprint density at radius 2 is 1.92 bits per heavy atom. The molecule has 0 saturated heterocycles. The summed E-state index contributed by atoms with van der Waals surface area (Å²) in [5.41, 5.74) is 4.09. The van der Waals surface area contributed by atoms with Gasteiger partial charge in [0.2, 0.25) is 0 Å². The van der Waals surface area contributed by atoms with Crippen LogP contribution < -0.4 is 5.32 Å². The minimum Gasteiger partial charge on any atom is -0.320 e. The largest absolute Gasteiger partial charge is 0.320 e. The van der Waals surface area contributed by atoms with Gasteiger partial charge in [0.1, 0.15) is 5.69 Å². The molecule has 1 aliphatic carbocycles. The first-order valence-electron chi connectivity index (χ1n) is 8.35. The Labute approximate surface area is 151 Å². The molecule has 1 saturated carbocycles. The SMILES string of the molecule is Cc1cc(Cl)ccc1NC(=O)c1cc(C2CC2)nn1-c1ccccc1. The normalized spacial score (nSPS) is 13.7. The van der Waals surface area contributed by atoms with Gasteiger partial charge in [0, 0.05) is 16.6 Å². The first-order valence-corrected chi connectivity index (χ1v) is 8.72. The fourth-order valence-electron chi connectivity index (χ4n) is 2.86. The Morgan fingerprint density at radius 1 is 1.16 bits per heavy atom. The summed E-state index contributed by atoms with van der Waals surface area (Å²) < 4.78 is 1.73. The maximum atomic E-state index is 12.9. The number of para-hydroxylation sites is 1. The number of aromatic nitrogens is 2. The van der Waals surface area contributed by atoms with Gasteiger partial charge in [-0.25, -0.2) is 4.68 Å². The first kappa shape index (κ1) is 15.9. The quantitative estimate of drug-likeness (QED) is 0.721. The molecule has 25 heavy (non-hydrogen) atoms. The van der Waals surface area contributed by atoms with Crippen molar-refractivity contribution in [1.82, 2.24) is 9.78 Å². The molecule has 4 nitrogen and oxygen atoms in total. The predicted molar refractivity (Wildman–Crippen MR) is 99.7 cm³/mol. The summed E-state index contributed by atoms with van der Waals surface area (Å²) in [4.78, 5) is 12.9. The Morgan fingerprint density at radius 3 is 2.60 bits per heavy atom. The van der Waals surface area contributed by atoms with E-state index in [2.05, 4.69) is 10.4 Å². The number of halogens is 1. The molecular weight excluding hydrogens is 334 g/mol. The topological polar surface area (TPSA) is 46.9 Å². The summed E-state index contributed by atoms with van der Waals surface area (Å²) in [5, 5.41) is 8.31. The van der Waals surface area contributed by atoms with Crippen LogP contribution in [0.15, 0.2) is 54.6 Å². The standard InChI is InChI=1S/C20H18ClN3O/c1-13-11-15(21)9-10-17(13)22-20(25)19-12-18(14-7-8-14)23-24(19)16-5-3-2-4-6-16/h2-6,9-12,14H,7-8H2,1H3,(H,22,25). The smallest absolute Gasteiger partial charge is 0.274 e. The number of rotatable bonds is 4. The van der Waals surface area contributed by atoms with Crippen LogP contribution in [0.25, 0.3) is 5.69 Å². The first-order chi connectivity index (χ1) is 12.1. The van der Waals surface area contributed by atoms with Crippen LogP contribution in [-0.4, -0.2) is 15.7 Å². The van der Waals surface area contributed by atoms with Gasteiger partial charge in [0.25, 0.3) is 5.91 Å². The molecule has 3 aromatic rings. The molecule has 126 valence electrons. The lowest BCUT2D eigenvalue weighted by Gasteiger charge is -2.10. The third-order valence-corrected chi connectivity index (χ3v) is 4.63. The van der Waals surface area contributed by atoms with Crippen molar-refractivity contribution in [2.45, 2.75) is 25.7 Å². The Balaban J connectivity index is 1.69.